The molecule has 0 spiro atoms. The maximum Gasteiger partial charge on any atom is 0.327 e. The Bertz CT molecular complexity index is 2020. The van der Waals surface area contributed by atoms with Gasteiger partial charge < -0.3 is 5.11 Å². The number of amides is 4. The zero-order valence-electron chi connectivity index (χ0n) is 28.2. The molecule has 0 radical (unpaired) electrons. The minimum absolute atomic E-state index is 0.0796. The first-order valence-corrected chi connectivity index (χ1v) is 18.1. The molecular weight excluding hydrogens is 661 g/mol. The second-order valence-corrected chi connectivity index (χ2v) is 14.1. The first-order chi connectivity index (χ1) is 24.7. The van der Waals surface area contributed by atoms with E-state index in [0.717, 1.165) is 34.4 Å². The molecule has 0 bridgehead atoms. The zero-order chi connectivity index (χ0) is 35.9. The van der Waals surface area contributed by atoms with E-state index >= 15 is 0 Å². The Balaban J connectivity index is 1.30. The molecule has 1 atom stereocenters. The number of carboxylic acid groups (broad SMARTS) is 1. The summed E-state index contributed by atoms with van der Waals surface area (Å²) in [4.78, 5) is 71.3. The predicted octanol–water partition coefficient (Wildman–Crippen LogP) is 7.65. The number of carboxylic acids is 1. The summed E-state index contributed by atoms with van der Waals surface area (Å²) in [5.74, 6) is -3.83. The van der Waals surface area contributed by atoms with Crippen LogP contribution in [-0.4, -0.2) is 62.8 Å². The third-order valence-corrected chi connectivity index (χ3v) is 11.8. The fraction of sp³-hybridized carbons (Fsp3) is 0.214. The van der Waals surface area contributed by atoms with Crippen molar-refractivity contribution in [2.45, 2.75) is 37.5 Å². The van der Waals surface area contributed by atoms with Crippen molar-refractivity contribution in [3.63, 3.8) is 0 Å². The van der Waals surface area contributed by atoms with Crippen LogP contribution in [0.3, 0.4) is 0 Å². The number of aliphatic carboxylic acids is 1. The third kappa shape index (κ3) is 5.52. The summed E-state index contributed by atoms with van der Waals surface area (Å²) < 4.78 is -0.890. The molecule has 1 N–H and O–H groups in total. The van der Waals surface area contributed by atoms with Crippen LogP contribution in [0, 0.1) is 5.92 Å². The van der Waals surface area contributed by atoms with Crippen LogP contribution < -0.4 is 0 Å². The van der Waals surface area contributed by atoms with Crippen molar-refractivity contribution in [2.75, 3.05) is 12.3 Å². The third-order valence-electron chi connectivity index (χ3n) is 10.2. The summed E-state index contributed by atoms with van der Waals surface area (Å²) in [5.41, 5.74) is 3.37. The van der Waals surface area contributed by atoms with Gasteiger partial charge in [-0.2, -0.15) is 0 Å². The van der Waals surface area contributed by atoms with E-state index in [1.165, 1.54) is 40.9 Å². The van der Waals surface area contributed by atoms with Crippen molar-refractivity contribution in [3.8, 4) is 0 Å². The molecule has 0 aliphatic carbocycles. The zero-order valence-corrected chi connectivity index (χ0v) is 29.1. The number of hydrogen-bond acceptors (Lipinski definition) is 6. The summed E-state index contributed by atoms with van der Waals surface area (Å²) in [6, 6.07) is 33.7. The Kier molecular flexibility index (Phi) is 9.08. The van der Waals surface area contributed by atoms with Crippen molar-refractivity contribution in [2.24, 2.45) is 5.92 Å². The van der Waals surface area contributed by atoms with E-state index in [1.54, 1.807) is 0 Å². The van der Waals surface area contributed by atoms with Crippen molar-refractivity contribution >= 4 is 52.1 Å². The Hall–Kier alpha value is -5.54. The van der Waals surface area contributed by atoms with Gasteiger partial charge in [-0.1, -0.05) is 118 Å². The lowest BCUT2D eigenvalue weighted by Gasteiger charge is -2.38. The van der Waals surface area contributed by atoms with Gasteiger partial charge in [0.05, 0.1) is 4.75 Å². The van der Waals surface area contributed by atoms with Gasteiger partial charge in [0.1, 0.15) is 6.04 Å². The quantitative estimate of drug-likeness (QED) is 0.105. The maximum atomic E-state index is 14.3. The molecule has 0 fully saturated rings. The SMILES string of the molecule is CCC(CC)CN1C(=O)c2ccc3c4c(ccc(c24)C1=O)C(=O)N([C@@H](CSC(c1ccccc1)(c1ccccc1)c1ccccc1)C(=O)O)C3=O. The molecular formula is C42H36N2O6S. The molecule has 5 aromatic rings. The average molecular weight is 697 g/mol. The van der Waals surface area contributed by atoms with Gasteiger partial charge in [0.15, 0.2) is 0 Å². The van der Waals surface area contributed by atoms with Gasteiger partial charge in [0.2, 0.25) is 0 Å². The number of carbonyl (C=O) groups excluding carboxylic acids is 4. The lowest BCUT2D eigenvalue weighted by molar-refractivity contribution is -0.140. The second kappa shape index (κ2) is 13.6. The van der Waals surface area contributed by atoms with Crippen LogP contribution in [0.25, 0.3) is 10.8 Å². The molecule has 0 aromatic heterocycles. The highest BCUT2D eigenvalue weighted by molar-refractivity contribution is 8.00. The first kappa shape index (κ1) is 33.9. The molecule has 2 heterocycles. The van der Waals surface area contributed by atoms with Gasteiger partial charge in [-0.25, -0.2) is 4.79 Å². The molecule has 5 aromatic carbocycles. The fourth-order valence-corrected chi connectivity index (χ4v) is 9.03. The normalized spacial score (nSPS) is 14.8. The Labute approximate surface area is 300 Å². The minimum Gasteiger partial charge on any atom is -0.480 e. The molecule has 7 rings (SSSR count). The molecule has 2 aliphatic heterocycles. The standard InChI is InChI=1S/C42H36N2O6S/c1-3-26(4-2)24-43-37(45)30-20-22-32-36-33(23-21-31(35(30)36)38(43)46)40(48)44(39(32)47)34(41(49)50)25-51-42(27-14-8-5-9-15-27,28-16-10-6-11-17-28)29-18-12-7-13-19-29/h5-23,26,34H,3-4,24-25H2,1-2H3,(H,49,50)/t34-/m0/s1. The highest BCUT2D eigenvalue weighted by atomic mass is 32.2. The van der Waals surface area contributed by atoms with Crippen LogP contribution in [0.15, 0.2) is 115 Å². The first-order valence-electron chi connectivity index (χ1n) is 17.1. The summed E-state index contributed by atoms with van der Waals surface area (Å²) >= 11 is 1.34. The number of rotatable bonds is 12. The van der Waals surface area contributed by atoms with Gasteiger partial charge in [0.25, 0.3) is 23.6 Å². The Morgan fingerprint density at radius 1 is 0.608 bits per heavy atom. The van der Waals surface area contributed by atoms with Gasteiger partial charge >= 0.3 is 5.97 Å². The van der Waals surface area contributed by atoms with E-state index in [1.807, 2.05) is 105 Å². The summed E-state index contributed by atoms with van der Waals surface area (Å²) in [7, 11) is 0. The van der Waals surface area contributed by atoms with Crippen molar-refractivity contribution in [1.82, 2.24) is 9.80 Å². The average Bonchev–Trinajstić information content (AvgIpc) is 3.16. The molecule has 8 nitrogen and oxygen atoms in total. The maximum absolute atomic E-state index is 14.3. The van der Waals surface area contributed by atoms with Gasteiger partial charge in [-0.15, -0.1) is 11.8 Å². The van der Waals surface area contributed by atoms with Crippen LogP contribution in [0.2, 0.25) is 0 Å². The minimum atomic E-state index is -1.54. The molecule has 0 saturated carbocycles. The van der Waals surface area contributed by atoms with Crippen LogP contribution in [0.4, 0.5) is 0 Å². The summed E-state index contributed by atoms with van der Waals surface area (Å²) in [5, 5.41) is 11.2. The van der Waals surface area contributed by atoms with Crippen molar-refractivity contribution in [3.05, 3.63) is 154 Å². The molecule has 4 amide bonds. The lowest BCUT2D eigenvalue weighted by atomic mass is 9.84. The Morgan fingerprint density at radius 2 is 0.980 bits per heavy atom. The fourth-order valence-electron chi connectivity index (χ4n) is 7.43. The van der Waals surface area contributed by atoms with E-state index in [4.69, 9.17) is 0 Å². The van der Waals surface area contributed by atoms with E-state index < -0.39 is 40.4 Å². The van der Waals surface area contributed by atoms with Crippen molar-refractivity contribution < 1.29 is 29.1 Å². The lowest BCUT2D eigenvalue weighted by Crippen LogP contribution is -2.52. The van der Waals surface area contributed by atoms with Crippen LogP contribution >= 0.6 is 11.8 Å². The van der Waals surface area contributed by atoms with Crippen molar-refractivity contribution in [1.29, 1.82) is 0 Å². The molecule has 9 heteroatoms. The van der Waals surface area contributed by atoms with E-state index in [2.05, 4.69) is 0 Å². The molecule has 0 unspecified atom stereocenters. The summed E-state index contributed by atoms with van der Waals surface area (Å²) in [6.45, 7) is 4.31. The van der Waals surface area contributed by atoms with E-state index in [9.17, 15) is 29.1 Å². The smallest absolute Gasteiger partial charge is 0.327 e. The van der Waals surface area contributed by atoms with E-state index in [0.29, 0.717) is 0 Å². The molecule has 51 heavy (non-hydrogen) atoms. The molecule has 256 valence electrons. The molecule has 0 saturated heterocycles. The van der Waals surface area contributed by atoms with E-state index in [-0.39, 0.29) is 51.2 Å². The monoisotopic (exact) mass is 696 g/mol. The number of nitrogens with zero attached hydrogens (tertiary/aromatic N) is 2. The number of hydrogen-bond donors (Lipinski definition) is 1. The van der Waals surface area contributed by atoms with Gasteiger partial charge in [0, 0.05) is 45.3 Å². The number of thioether (sulfide) groups is 1. The van der Waals surface area contributed by atoms with Crippen LogP contribution in [0.1, 0.15) is 84.8 Å². The Morgan fingerprint density at radius 3 is 1.33 bits per heavy atom. The second-order valence-electron chi connectivity index (χ2n) is 12.9. The number of benzene rings is 5. The highest BCUT2D eigenvalue weighted by Gasteiger charge is 2.46. The largest absolute Gasteiger partial charge is 0.480 e. The van der Waals surface area contributed by atoms with Crippen LogP contribution in [0.5, 0.6) is 0 Å². The molecule has 2 aliphatic rings. The van der Waals surface area contributed by atoms with Gasteiger partial charge in [-0.05, 0) is 46.9 Å². The number of carbonyl (C=O) groups is 5. The predicted molar refractivity (Wildman–Crippen MR) is 197 cm³/mol. The summed E-state index contributed by atoms with van der Waals surface area (Å²) in [6.07, 6.45) is 1.61. The van der Waals surface area contributed by atoms with Crippen LogP contribution in [-0.2, 0) is 9.54 Å². The number of imide groups is 2. The van der Waals surface area contributed by atoms with Gasteiger partial charge in [-0.3, -0.25) is 29.0 Å². The topological polar surface area (TPSA) is 112 Å². The highest BCUT2D eigenvalue weighted by Crippen LogP contribution is 2.49.